The quantitative estimate of drug-likeness (QED) is 0.358. The van der Waals surface area contributed by atoms with Gasteiger partial charge in [0.1, 0.15) is 0 Å². The van der Waals surface area contributed by atoms with Gasteiger partial charge in [-0.3, -0.25) is 14.4 Å². The third kappa shape index (κ3) is 7.58. The predicted octanol–water partition coefficient (Wildman–Crippen LogP) is -1.48. The lowest BCUT2D eigenvalue weighted by Crippen LogP contribution is -2.47. The second-order valence-electron chi connectivity index (χ2n) is 4.32. The molecular weight excluding hydrogens is 244 g/mol. The van der Waals surface area contributed by atoms with E-state index < -0.39 is 35.9 Å². The first-order chi connectivity index (χ1) is 8.14. The predicted molar refractivity (Wildman–Crippen MR) is 60.7 cm³/mol. The average Bonchev–Trinajstić information content (AvgIpc) is 2.20. The Bertz CT molecular complexity index is 328. The molecule has 8 nitrogen and oxygen atoms in total. The summed E-state index contributed by atoms with van der Waals surface area (Å²) in [6, 6.07) is -0.998. The molecule has 8 heteroatoms. The fraction of sp³-hybridized carbons (Fsp3) is 0.700. The van der Waals surface area contributed by atoms with Crippen molar-refractivity contribution in [1.29, 1.82) is 0 Å². The summed E-state index contributed by atoms with van der Waals surface area (Å²) in [6.07, 6.45) is -0.778. The van der Waals surface area contributed by atoms with Crippen LogP contribution in [0.4, 0.5) is 0 Å². The van der Waals surface area contributed by atoms with Crippen LogP contribution < -0.4 is 11.1 Å². The van der Waals surface area contributed by atoms with E-state index in [1.165, 1.54) is 6.92 Å². The van der Waals surface area contributed by atoms with Crippen LogP contribution in [0.5, 0.6) is 0 Å². The Kier molecular flexibility index (Phi) is 6.28. The summed E-state index contributed by atoms with van der Waals surface area (Å²) in [5.74, 6) is -2.87. The van der Waals surface area contributed by atoms with Crippen LogP contribution in [0.15, 0.2) is 0 Å². The largest absolute Gasteiger partial charge is 0.481 e. The Morgan fingerprint density at radius 3 is 2.28 bits per heavy atom. The number of hydrogen-bond acceptors (Lipinski definition) is 5. The highest BCUT2D eigenvalue weighted by atomic mass is 16.4. The number of carboxylic acid groups (broad SMARTS) is 2. The zero-order valence-electron chi connectivity index (χ0n) is 10.0. The average molecular weight is 262 g/mol. The Hall–Kier alpha value is -1.67. The molecule has 0 heterocycles. The number of amides is 1. The first kappa shape index (κ1) is 16.3. The van der Waals surface area contributed by atoms with E-state index in [9.17, 15) is 19.5 Å². The molecule has 1 amide bonds. The second kappa shape index (κ2) is 6.92. The van der Waals surface area contributed by atoms with Crippen LogP contribution >= 0.6 is 0 Å². The van der Waals surface area contributed by atoms with Crippen molar-refractivity contribution in [2.45, 2.75) is 37.8 Å². The summed E-state index contributed by atoms with van der Waals surface area (Å²) in [5, 5.41) is 28.8. The van der Waals surface area contributed by atoms with Crippen LogP contribution in [0, 0.1) is 0 Å². The lowest BCUT2D eigenvalue weighted by Gasteiger charge is -2.22. The number of rotatable bonds is 8. The monoisotopic (exact) mass is 262 g/mol. The molecule has 0 aromatic carbocycles. The van der Waals surface area contributed by atoms with Crippen LogP contribution in [0.1, 0.15) is 26.2 Å². The zero-order chi connectivity index (χ0) is 14.3. The van der Waals surface area contributed by atoms with E-state index >= 15 is 0 Å². The fourth-order valence-corrected chi connectivity index (χ4v) is 1.21. The molecule has 0 aromatic heterocycles. The van der Waals surface area contributed by atoms with Gasteiger partial charge >= 0.3 is 11.9 Å². The van der Waals surface area contributed by atoms with Crippen LogP contribution in [-0.4, -0.2) is 51.4 Å². The maximum absolute atomic E-state index is 11.4. The van der Waals surface area contributed by atoms with Gasteiger partial charge in [0.15, 0.2) is 0 Å². The number of nitrogens with two attached hydrogens (primary N) is 1. The lowest BCUT2D eigenvalue weighted by atomic mass is 10.0. The Morgan fingerprint density at radius 1 is 1.28 bits per heavy atom. The van der Waals surface area contributed by atoms with Gasteiger partial charge in [-0.25, -0.2) is 0 Å². The van der Waals surface area contributed by atoms with Crippen molar-refractivity contribution in [3.8, 4) is 0 Å². The van der Waals surface area contributed by atoms with E-state index in [1.54, 1.807) is 0 Å². The molecule has 18 heavy (non-hydrogen) atoms. The summed E-state index contributed by atoms with van der Waals surface area (Å²) in [5.41, 5.74) is 3.85. The molecule has 0 spiro atoms. The van der Waals surface area contributed by atoms with Crippen LogP contribution in [0.25, 0.3) is 0 Å². The SMILES string of the molecule is CC(O)(CNC(=O)C(N)CCC(=O)O)CC(=O)O. The number of nitrogens with one attached hydrogen (secondary N) is 1. The van der Waals surface area contributed by atoms with Gasteiger partial charge in [0.25, 0.3) is 0 Å². The zero-order valence-corrected chi connectivity index (χ0v) is 10.0. The smallest absolute Gasteiger partial charge is 0.306 e. The van der Waals surface area contributed by atoms with Crippen LogP contribution in [-0.2, 0) is 14.4 Å². The van der Waals surface area contributed by atoms with E-state index in [2.05, 4.69) is 5.32 Å². The molecule has 6 N–H and O–H groups in total. The minimum Gasteiger partial charge on any atom is -0.481 e. The summed E-state index contributed by atoms with van der Waals surface area (Å²) in [4.78, 5) is 32.1. The van der Waals surface area contributed by atoms with Gasteiger partial charge in [-0.1, -0.05) is 0 Å². The summed E-state index contributed by atoms with van der Waals surface area (Å²) >= 11 is 0. The van der Waals surface area contributed by atoms with Gasteiger partial charge in [0.2, 0.25) is 5.91 Å². The lowest BCUT2D eigenvalue weighted by molar-refractivity contribution is -0.142. The highest BCUT2D eigenvalue weighted by molar-refractivity contribution is 5.82. The molecule has 2 unspecified atom stereocenters. The van der Waals surface area contributed by atoms with Gasteiger partial charge in [-0.2, -0.15) is 0 Å². The van der Waals surface area contributed by atoms with E-state index in [0.29, 0.717) is 0 Å². The molecule has 0 aliphatic carbocycles. The van der Waals surface area contributed by atoms with Crippen molar-refractivity contribution in [3.05, 3.63) is 0 Å². The van der Waals surface area contributed by atoms with Gasteiger partial charge in [0.05, 0.1) is 18.1 Å². The number of aliphatic hydroxyl groups is 1. The highest BCUT2D eigenvalue weighted by Crippen LogP contribution is 2.07. The number of carbonyl (C=O) groups excluding carboxylic acids is 1. The first-order valence-corrected chi connectivity index (χ1v) is 5.33. The normalized spacial score (nSPS) is 15.5. The minimum atomic E-state index is -1.58. The Balaban J connectivity index is 4.08. The second-order valence-corrected chi connectivity index (χ2v) is 4.32. The molecule has 104 valence electrons. The number of hydrogen-bond donors (Lipinski definition) is 5. The van der Waals surface area contributed by atoms with E-state index in [4.69, 9.17) is 15.9 Å². The third-order valence-corrected chi connectivity index (χ3v) is 2.18. The maximum Gasteiger partial charge on any atom is 0.306 e. The van der Waals surface area contributed by atoms with E-state index in [1.807, 2.05) is 0 Å². The first-order valence-electron chi connectivity index (χ1n) is 5.33. The molecule has 0 aliphatic heterocycles. The fourth-order valence-electron chi connectivity index (χ4n) is 1.21. The number of carboxylic acids is 2. The summed E-state index contributed by atoms with van der Waals surface area (Å²) in [6.45, 7) is 1.00. The minimum absolute atomic E-state index is 0.0256. The highest BCUT2D eigenvalue weighted by Gasteiger charge is 2.26. The maximum atomic E-state index is 11.4. The van der Waals surface area contributed by atoms with Gasteiger partial charge in [-0.05, 0) is 13.3 Å². The third-order valence-electron chi connectivity index (χ3n) is 2.18. The molecule has 0 aliphatic rings. The van der Waals surface area contributed by atoms with Crippen molar-refractivity contribution in [3.63, 3.8) is 0 Å². The van der Waals surface area contributed by atoms with Crippen LogP contribution in [0.2, 0.25) is 0 Å². The molecule has 0 saturated carbocycles. The molecule has 0 saturated heterocycles. The van der Waals surface area contributed by atoms with E-state index in [0.717, 1.165) is 0 Å². The molecule has 0 rings (SSSR count). The summed E-state index contributed by atoms with van der Waals surface area (Å²) < 4.78 is 0. The van der Waals surface area contributed by atoms with Crippen molar-refractivity contribution in [1.82, 2.24) is 5.32 Å². The van der Waals surface area contributed by atoms with Crippen molar-refractivity contribution >= 4 is 17.8 Å². The number of carbonyl (C=O) groups is 3. The molecule has 0 bridgehead atoms. The van der Waals surface area contributed by atoms with Gasteiger partial charge < -0.3 is 26.4 Å². The van der Waals surface area contributed by atoms with E-state index in [-0.39, 0.29) is 19.4 Å². The van der Waals surface area contributed by atoms with Crippen molar-refractivity contribution < 1.29 is 29.7 Å². The standard InChI is InChI=1S/C10H18N2O6/c1-10(18,4-8(15)16)5-12-9(17)6(11)2-3-7(13)14/h6,18H,2-5,11H2,1H3,(H,12,17)(H,13,14)(H,15,16). The molecular formula is C10H18N2O6. The topological polar surface area (TPSA) is 150 Å². The molecule has 0 fully saturated rings. The van der Waals surface area contributed by atoms with Crippen LogP contribution in [0.3, 0.4) is 0 Å². The molecule has 0 aromatic rings. The summed E-state index contributed by atoms with van der Waals surface area (Å²) in [7, 11) is 0. The van der Waals surface area contributed by atoms with Gasteiger partial charge in [-0.15, -0.1) is 0 Å². The molecule has 2 atom stereocenters. The Labute approximate surface area is 104 Å². The van der Waals surface area contributed by atoms with Crippen molar-refractivity contribution in [2.24, 2.45) is 5.73 Å². The number of aliphatic carboxylic acids is 2. The van der Waals surface area contributed by atoms with Gasteiger partial charge in [0, 0.05) is 13.0 Å². The van der Waals surface area contributed by atoms with Crippen molar-refractivity contribution in [2.75, 3.05) is 6.54 Å². The molecule has 0 radical (unpaired) electrons. The Morgan fingerprint density at radius 2 is 1.83 bits per heavy atom.